The number of benzene rings is 1. The van der Waals surface area contributed by atoms with Crippen LogP contribution in [0.5, 0.6) is 0 Å². The van der Waals surface area contributed by atoms with Crippen LogP contribution >= 0.6 is 24.2 Å². The highest BCUT2D eigenvalue weighted by Crippen LogP contribution is 2.37. The molecule has 1 unspecified atom stereocenters. The van der Waals surface area contributed by atoms with E-state index in [1.165, 1.54) is 17.8 Å². The number of carbonyl (C=O) groups excluding carboxylic acids is 1. The van der Waals surface area contributed by atoms with E-state index in [2.05, 4.69) is 5.32 Å². The fraction of sp³-hybridized carbons (Fsp3) is 0.533. The number of amides is 1. The van der Waals surface area contributed by atoms with Gasteiger partial charge in [-0.2, -0.15) is 0 Å². The molecule has 1 aliphatic heterocycles. The summed E-state index contributed by atoms with van der Waals surface area (Å²) in [6, 6.07) is 4.29. The molecule has 118 valence electrons. The average Bonchev–Trinajstić information content (AvgIpc) is 2.38. The predicted octanol–water partition coefficient (Wildman–Crippen LogP) is 3.27. The maximum absolute atomic E-state index is 13.8. The number of hydrogen-bond acceptors (Lipinski definition) is 3. The van der Waals surface area contributed by atoms with Gasteiger partial charge in [-0.3, -0.25) is 4.79 Å². The second-order valence-electron chi connectivity index (χ2n) is 6.20. The molecule has 1 aliphatic rings. The molecule has 0 fully saturated rings. The Labute approximate surface area is 135 Å². The molecule has 0 radical (unpaired) electrons. The van der Waals surface area contributed by atoms with E-state index in [1.807, 2.05) is 26.8 Å². The van der Waals surface area contributed by atoms with Crippen LogP contribution in [0, 0.1) is 11.2 Å². The zero-order valence-electron chi connectivity index (χ0n) is 12.5. The van der Waals surface area contributed by atoms with Gasteiger partial charge in [0.15, 0.2) is 0 Å². The van der Waals surface area contributed by atoms with E-state index in [4.69, 9.17) is 5.73 Å². The quantitative estimate of drug-likeness (QED) is 0.874. The fourth-order valence-corrected chi connectivity index (χ4v) is 3.33. The van der Waals surface area contributed by atoms with E-state index in [0.29, 0.717) is 4.90 Å². The average molecular weight is 333 g/mol. The first-order chi connectivity index (χ1) is 9.30. The molecule has 0 saturated carbocycles. The van der Waals surface area contributed by atoms with Gasteiger partial charge in [0.25, 0.3) is 0 Å². The van der Waals surface area contributed by atoms with Gasteiger partial charge in [-0.1, -0.05) is 32.9 Å². The standard InChI is InChI=1S/C15H21FN2OS.ClH/c1-15(2,3)13(17)14(19)18-11-7-8-20-12-9(11)5-4-6-10(12)16;/h4-6,11,13H,7-8,17H2,1-3H3,(H,18,19);1H/t11?,13-;/m1./s1. The summed E-state index contributed by atoms with van der Waals surface area (Å²) in [5.41, 5.74) is 6.53. The Kier molecular flexibility index (Phi) is 6.08. The van der Waals surface area contributed by atoms with E-state index < -0.39 is 6.04 Å². The fourth-order valence-electron chi connectivity index (χ4n) is 2.19. The Bertz CT molecular complexity index is 519. The molecule has 3 nitrogen and oxygen atoms in total. The zero-order valence-corrected chi connectivity index (χ0v) is 14.1. The van der Waals surface area contributed by atoms with E-state index in [-0.39, 0.29) is 35.6 Å². The number of carbonyl (C=O) groups is 1. The largest absolute Gasteiger partial charge is 0.348 e. The molecule has 0 aliphatic carbocycles. The molecule has 0 bridgehead atoms. The van der Waals surface area contributed by atoms with Crippen LogP contribution in [0.2, 0.25) is 0 Å². The van der Waals surface area contributed by atoms with E-state index in [9.17, 15) is 9.18 Å². The van der Waals surface area contributed by atoms with Gasteiger partial charge in [0.1, 0.15) is 5.82 Å². The molecule has 6 heteroatoms. The molecule has 3 N–H and O–H groups in total. The minimum atomic E-state index is -0.575. The molecule has 2 rings (SSSR count). The van der Waals surface area contributed by atoms with Crippen LogP contribution in [0.15, 0.2) is 23.1 Å². The van der Waals surface area contributed by atoms with Crippen molar-refractivity contribution in [2.75, 3.05) is 5.75 Å². The van der Waals surface area contributed by atoms with Gasteiger partial charge in [0, 0.05) is 10.6 Å². The van der Waals surface area contributed by atoms with Gasteiger partial charge in [0.2, 0.25) is 5.91 Å². The molecular weight excluding hydrogens is 311 g/mol. The zero-order chi connectivity index (χ0) is 14.9. The summed E-state index contributed by atoms with van der Waals surface area (Å²) in [5.74, 6) is 0.403. The van der Waals surface area contributed by atoms with Crippen molar-refractivity contribution >= 4 is 30.1 Å². The number of hydrogen-bond donors (Lipinski definition) is 2. The van der Waals surface area contributed by atoms with Gasteiger partial charge in [0.05, 0.1) is 12.1 Å². The third-order valence-corrected chi connectivity index (χ3v) is 4.72. The molecule has 1 amide bonds. The molecular formula is C15H22ClFN2OS. The van der Waals surface area contributed by atoms with Gasteiger partial charge < -0.3 is 11.1 Å². The smallest absolute Gasteiger partial charge is 0.237 e. The van der Waals surface area contributed by atoms with Crippen molar-refractivity contribution in [2.24, 2.45) is 11.1 Å². The maximum Gasteiger partial charge on any atom is 0.237 e. The Morgan fingerprint density at radius 1 is 1.48 bits per heavy atom. The van der Waals surface area contributed by atoms with Crippen LogP contribution in [0.3, 0.4) is 0 Å². The van der Waals surface area contributed by atoms with Crippen molar-refractivity contribution in [3.63, 3.8) is 0 Å². The number of nitrogens with two attached hydrogens (primary N) is 1. The SMILES string of the molecule is CC(C)(C)[C@H](N)C(=O)NC1CCSc2c(F)cccc21.Cl. The van der Waals surface area contributed by atoms with Gasteiger partial charge >= 0.3 is 0 Å². The molecule has 0 saturated heterocycles. The lowest BCUT2D eigenvalue weighted by atomic mass is 9.86. The first-order valence-electron chi connectivity index (χ1n) is 6.78. The van der Waals surface area contributed by atoms with Crippen molar-refractivity contribution in [3.05, 3.63) is 29.6 Å². The molecule has 21 heavy (non-hydrogen) atoms. The Morgan fingerprint density at radius 2 is 2.14 bits per heavy atom. The maximum atomic E-state index is 13.8. The number of thioether (sulfide) groups is 1. The molecule has 1 aromatic carbocycles. The highest BCUT2D eigenvalue weighted by atomic mass is 35.5. The lowest BCUT2D eigenvalue weighted by molar-refractivity contribution is -0.125. The second-order valence-corrected chi connectivity index (χ2v) is 7.31. The minimum Gasteiger partial charge on any atom is -0.348 e. The van der Waals surface area contributed by atoms with Gasteiger partial charge in [-0.25, -0.2) is 4.39 Å². The van der Waals surface area contributed by atoms with Crippen molar-refractivity contribution in [3.8, 4) is 0 Å². The molecule has 1 aromatic rings. The molecule has 2 atom stereocenters. The Balaban J connectivity index is 0.00000220. The summed E-state index contributed by atoms with van der Waals surface area (Å²) >= 11 is 1.50. The van der Waals surface area contributed by atoms with Gasteiger partial charge in [-0.05, 0) is 23.5 Å². The number of nitrogens with one attached hydrogen (secondary N) is 1. The Hall–Kier alpha value is -0.780. The van der Waals surface area contributed by atoms with Crippen LogP contribution in [-0.4, -0.2) is 17.7 Å². The van der Waals surface area contributed by atoms with Crippen LogP contribution in [-0.2, 0) is 4.79 Å². The number of fused-ring (bicyclic) bond motifs is 1. The van der Waals surface area contributed by atoms with Crippen molar-refractivity contribution < 1.29 is 9.18 Å². The normalized spacial score (nSPS) is 19.2. The van der Waals surface area contributed by atoms with Crippen molar-refractivity contribution in [1.82, 2.24) is 5.32 Å². The summed E-state index contributed by atoms with van der Waals surface area (Å²) in [7, 11) is 0. The van der Waals surface area contributed by atoms with Crippen molar-refractivity contribution in [2.45, 2.75) is 44.2 Å². The first kappa shape index (κ1) is 18.3. The molecule has 0 aromatic heterocycles. The highest BCUT2D eigenvalue weighted by molar-refractivity contribution is 7.99. The van der Waals surface area contributed by atoms with Crippen molar-refractivity contribution in [1.29, 1.82) is 0 Å². The third-order valence-electron chi connectivity index (χ3n) is 3.56. The van der Waals surface area contributed by atoms with Crippen LogP contribution in [0.25, 0.3) is 0 Å². The van der Waals surface area contributed by atoms with Crippen LogP contribution < -0.4 is 11.1 Å². The van der Waals surface area contributed by atoms with Gasteiger partial charge in [-0.15, -0.1) is 24.2 Å². The lowest BCUT2D eigenvalue weighted by Gasteiger charge is -2.31. The number of rotatable bonds is 2. The molecule has 0 spiro atoms. The predicted molar refractivity (Wildman–Crippen MR) is 87.3 cm³/mol. The van der Waals surface area contributed by atoms with Crippen LogP contribution in [0.4, 0.5) is 4.39 Å². The topological polar surface area (TPSA) is 55.1 Å². The lowest BCUT2D eigenvalue weighted by Crippen LogP contribution is -2.49. The number of halogens is 2. The first-order valence-corrected chi connectivity index (χ1v) is 7.76. The second kappa shape index (κ2) is 6.99. The summed E-state index contributed by atoms with van der Waals surface area (Å²) in [5, 5.41) is 2.96. The summed E-state index contributed by atoms with van der Waals surface area (Å²) in [6.07, 6.45) is 0.795. The van der Waals surface area contributed by atoms with E-state index >= 15 is 0 Å². The van der Waals surface area contributed by atoms with Crippen LogP contribution in [0.1, 0.15) is 38.8 Å². The minimum absolute atomic E-state index is 0. The Morgan fingerprint density at radius 3 is 2.76 bits per heavy atom. The van der Waals surface area contributed by atoms with E-state index in [0.717, 1.165) is 17.7 Å². The van der Waals surface area contributed by atoms with E-state index in [1.54, 1.807) is 6.07 Å². The third kappa shape index (κ3) is 4.11. The summed E-state index contributed by atoms with van der Waals surface area (Å²) in [4.78, 5) is 12.9. The molecule has 1 heterocycles. The highest BCUT2D eigenvalue weighted by Gasteiger charge is 2.31. The monoisotopic (exact) mass is 332 g/mol. The summed E-state index contributed by atoms with van der Waals surface area (Å²) < 4.78 is 13.8. The summed E-state index contributed by atoms with van der Waals surface area (Å²) in [6.45, 7) is 5.80.